The molecule has 8 heteroatoms. The number of amides is 1. The molecule has 1 saturated heterocycles. The van der Waals surface area contributed by atoms with Crippen LogP contribution in [-0.2, 0) is 13.1 Å². The van der Waals surface area contributed by atoms with Gasteiger partial charge in [0.1, 0.15) is 11.5 Å². The van der Waals surface area contributed by atoms with Gasteiger partial charge in [-0.1, -0.05) is 72.8 Å². The summed E-state index contributed by atoms with van der Waals surface area (Å²) in [5, 5.41) is 10.1. The van der Waals surface area contributed by atoms with Crippen LogP contribution in [0, 0.1) is 0 Å². The summed E-state index contributed by atoms with van der Waals surface area (Å²) in [5.41, 5.74) is 3.84. The van der Waals surface area contributed by atoms with E-state index in [-0.39, 0.29) is 17.8 Å². The third kappa shape index (κ3) is 6.81. The average molecular weight is 577 g/mol. The molecule has 8 nitrogen and oxygen atoms in total. The molecule has 1 aliphatic heterocycles. The Bertz CT molecular complexity index is 1720. The van der Waals surface area contributed by atoms with Crippen LogP contribution in [0.15, 0.2) is 114 Å². The standard InChI is InChI=1S/C35H36N4O4/c40-34-36-32-16-7-8-17-33(32)39(34)29-19-21-38(35(41)42)28(23-29)18-20-37(24-26-10-3-1-4-11-26)25-27-12-9-15-31(22-27)43-30-13-5-2-6-14-30/h1-17,22,28-29H,18-21,23-25H2,(H,36,40)(H,41,42). The maximum absolute atomic E-state index is 12.9. The summed E-state index contributed by atoms with van der Waals surface area (Å²) >= 11 is 0. The Balaban J connectivity index is 1.20. The van der Waals surface area contributed by atoms with Gasteiger partial charge in [0.2, 0.25) is 0 Å². The maximum Gasteiger partial charge on any atom is 0.407 e. The molecule has 1 amide bonds. The zero-order chi connectivity index (χ0) is 29.6. The number of hydrogen-bond acceptors (Lipinski definition) is 4. The normalized spacial score (nSPS) is 16.9. The number of aromatic nitrogens is 2. The summed E-state index contributed by atoms with van der Waals surface area (Å²) in [5.74, 6) is 1.57. The zero-order valence-corrected chi connectivity index (χ0v) is 24.0. The van der Waals surface area contributed by atoms with Crippen molar-refractivity contribution in [2.45, 2.75) is 44.4 Å². The molecule has 5 aromatic rings. The number of piperidine rings is 1. The average Bonchev–Trinajstić information content (AvgIpc) is 3.36. The number of benzene rings is 4. The number of carbonyl (C=O) groups is 1. The Morgan fingerprint density at radius 2 is 1.53 bits per heavy atom. The molecule has 0 saturated carbocycles. The van der Waals surface area contributed by atoms with Crippen molar-refractivity contribution in [2.75, 3.05) is 13.1 Å². The summed E-state index contributed by atoms with van der Waals surface area (Å²) in [7, 11) is 0. The van der Waals surface area contributed by atoms with Crippen LogP contribution in [0.1, 0.15) is 36.4 Å². The molecule has 43 heavy (non-hydrogen) atoms. The first kappa shape index (κ1) is 28.3. The number of para-hydroxylation sites is 3. The number of nitrogens with one attached hydrogen (secondary N) is 1. The smallest absolute Gasteiger partial charge is 0.407 e. The van der Waals surface area contributed by atoms with Gasteiger partial charge in [-0.25, -0.2) is 9.59 Å². The summed E-state index contributed by atoms with van der Waals surface area (Å²) in [6.07, 6.45) is 0.947. The third-order valence-corrected chi connectivity index (χ3v) is 8.23. The van der Waals surface area contributed by atoms with Gasteiger partial charge in [0, 0.05) is 38.3 Å². The zero-order valence-electron chi connectivity index (χ0n) is 24.0. The van der Waals surface area contributed by atoms with Gasteiger partial charge in [-0.3, -0.25) is 9.47 Å². The summed E-state index contributed by atoms with van der Waals surface area (Å²) in [6.45, 7) is 2.51. The van der Waals surface area contributed by atoms with Crippen LogP contribution in [-0.4, -0.2) is 49.7 Å². The molecule has 4 aromatic carbocycles. The highest BCUT2D eigenvalue weighted by molar-refractivity contribution is 5.75. The number of H-pyrrole nitrogens is 1. The number of rotatable bonds is 10. The first-order chi connectivity index (χ1) is 21.0. The second-order valence-corrected chi connectivity index (χ2v) is 11.2. The lowest BCUT2D eigenvalue weighted by molar-refractivity contribution is 0.0812. The third-order valence-electron chi connectivity index (χ3n) is 8.23. The topological polar surface area (TPSA) is 90.8 Å². The maximum atomic E-state index is 12.9. The minimum Gasteiger partial charge on any atom is -0.465 e. The Morgan fingerprint density at radius 1 is 0.860 bits per heavy atom. The van der Waals surface area contributed by atoms with Crippen molar-refractivity contribution >= 4 is 17.1 Å². The predicted molar refractivity (Wildman–Crippen MR) is 167 cm³/mol. The van der Waals surface area contributed by atoms with E-state index in [1.165, 1.54) is 5.56 Å². The molecule has 0 radical (unpaired) electrons. The fraction of sp³-hybridized carbons (Fsp3) is 0.257. The predicted octanol–water partition coefficient (Wildman–Crippen LogP) is 6.90. The van der Waals surface area contributed by atoms with Gasteiger partial charge in [-0.05, 0) is 66.8 Å². The second kappa shape index (κ2) is 13.0. The van der Waals surface area contributed by atoms with E-state index in [1.54, 1.807) is 4.90 Å². The molecule has 2 atom stereocenters. The van der Waals surface area contributed by atoms with E-state index in [2.05, 4.69) is 34.1 Å². The molecule has 2 heterocycles. The molecule has 6 rings (SSSR count). The number of fused-ring (bicyclic) bond motifs is 1. The van der Waals surface area contributed by atoms with Crippen LogP contribution >= 0.6 is 0 Å². The van der Waals surface area contributed by atoms with E-state index in [9.17, 15) is 14.7 Å². The number of aromatic amines is 1. The van der Waals surface area contributed by atoms with Crippen LogP contribution in [0.3, 0.4) is 0 Å². The van der Waals surface area contributed by atoms with Gasteiger partial charge >= 0.3 is 11.8 Å². The molecule has 0 spiro atoms. The van der Waals surface area contributed by atoms with Crippen LogP contribution in [0.2, 0.25) is 0 Å². The highest BCUT2D eigenvalue weighted by Crippen LogP contribution is 2.31. The fourth-order valence-corrected chi connectivity index (χ4v) is 6.20. The Hall–Kier alpha value is -4.82. The van der Waals surface area contributed by atoms with Gasteiger partial charge in [-0.2, -0.15) is 0 Å². The van der Waals surface area contributed by atoms with Gasteiger partial charge < -0.3 is 19.7 Å². The van der Waals surface area contributed by atoms with E-state index < -0.39 is 6.09 Å². The quantitative estimate of drug-likeness (QED) is 0.189. The molecule has 220 valence electrons. The molecule has 1 fully saturated rings. The summed E-state index contributed by atoms with van der Waals surface area (Å²) in [4.78, 5) is 32.1. The first-order valence-corrected chi connectivity index (χ1v) is 14.8. The van der Waals surface area contributed by atoms with Crippen molar-refractivity contribution in [1.29, 1.82) is 0 Å². The van der Waals surface area contributed by atoms with E-state index in [0.29, 0.717) is 38.9 Å². The van der Waals surface area contributed by atoms with E-state index in [1.807, 2.05) is 89.5 Å². The second-order valence-electron chi connectivity index (χ2n) is 11.2. The SMILES string of the molecule is O=C(O)N1CCC(n2c(=O)[nH]c3ccccc32)CC1CCN(Cc1ccccc1)Cc1cccc(Oc2ccccc2)c1. The largest absolute Gasteiger partial charge is 0.465 e. The van der Waals surface area contributed by atoms with Gasteiger partial charge in [0.15, 0.2) is 0 Å². The molecule has 1 aromatic heterocycles. The lowest BCUT2D eigenvalue weighted by Gasteiger charge is -2.39. The van der Waals surface area contributed by atoms with E-state index >= 15 is 0 Å². The van der Waals surface area contributed by atoms with Crippen LogP contribution < -0.4 is 10.4 Å². The number of carboxylic acid groups (broad SMARTS) is 1. The van der Waals surface area contributed by atoms with Crippen LogP contribution in [0.5, 0.6) is 11.5 Å². The van der Waals surface area contributed by atoms with Crippen molar-refractivity contribution in [2.24, 2.45) is 0 Å². The molecule has 0 aliphatic carbocycles. The first-order valence-electron chi connectivity index (χ1n) is 14.8. The highest BCUT2D eigenvalue weighted by Gasteiger charge is 2.33. The monoisotopic (exact) mass is 576 g/mol. The molecular formula is C35H36N4O4. The number of imidazole rings is 1. The molecule has 0 bridgehead atoms. The van der Waals surface area contributed by atoms with Crippen molar-refractivity contribution < 1.29 is 14.6 Å². The molecule has 1 aliphatic rings. The van der Waals surface area contributed by atoms with Crippen molar-refractivity contribution in [1.82, 2.24) is 19.4 Å². The fourth-order valence-electron chi connectivity index (χ4n) is 6.20. The van der Waals surface area contributed by atoms with Gasteiger partial charge in [-0.15, -0.1) is 0 Å². The number of likely N-dealkylation sites (tertiary alicyclic amines) is 1. The minimum absolute atomic E-state index is 0.0707. The number of ether oxygens (including phenoxy) is 1. The Morgan fingerprint density at radius 3 is 2.33 bits per heavy atom. The summed E-state index contributed by atoms with van der Waals surface area (Å²) in [6, 6.07) is 35.6. The molecule has 2 unspecified atom stereocenters. The van der Waals surface area contributed by atoms with Crippen molar-refractivity contribution in [3.8, 4) is 11.5 Å². The lowest BCUT2D eigenvalue weighted by Crippen LogP contribution is -2.48. The van der Waals surface area contributed by atoms with Gasteiger partial charge in [0.25, 0.3) is 0 Å². The number of hydrogen-bond donors (Lipinski definition) is 2. The molecular weight excluding hydrogens is 540 g/mol. The minimum atomic E-state index is -0.907. The summed E-state index contributed by atoms with van der Waals surface area (Å²) < 4.78 is 7.90. The highest BCUT2D eigenvalue weighted by atomic mass is 16.5. The van der Waals surface area contributed by atoms with Crippen molar-refractivity contribution in [3.05, 3.63) is 131 Å². The molecule has 2 N–H and O–H groups in total. The van der Waals surface area contributed by atoms with Gasteiger partial charge in [0.05, 0.1) is 11.0 Å². The van der Waals surface area contributed by atoms with E-state index in [4.69, 9.17) is 4.74 Å². The Kier molecular flexibility index (Phi) is 8.56. The van der Waals surface area contributed by atoms with E-state index in [0.717, 1.165) is 34.6 Å². The lowest BCUT2D eigenvalue weighted by atomic mass is 9.94. The van der Waals surface area contributed by atoms with Crippen LogP contribution in [0.4, 0.5) is 4.79 Å². The van der Waals surface area contributed by atoms with Crippen LogP contribution in [0.25, 0.3) is 11.0 Å². The van der Waals surface area contributed by atoms with Crippen molar-refractivity contribution in [3.63, 3.8) is 0 Å². The number of nitrogens with zero attached hydrogens (tertiary/aromatic N) is 3. The Labute approximate surface area is 250 Å².